The van der Waals surface area contributed by atoms with E-state index in [2.05, 4.69) is 30.5 Å². The number of carbonyl (C=O) groups excluding carboxylic acids is 1. The van der Waals surface area contributed by atoms with E-state index in [1.165, 1.54) is 11.1 Å². The van der Waals surface area contributed by atoms with Gasteiger partial charge in [0.1, 0.15) is 5.75 Å². The van der Waals surface area contributed by atoms with Gasteiger partial charge in [0, 0.05) is 5.69 Å². The number of ether oxygens (including phenoxy) is 1. The van der Waals surface area contributed by atoms with Gasteiger partial charge in [-0.3, -0.25) is 10.1 Å². The first-order chi connectivity index (χ1) is 12.4. The van der Waals surface area contributed by atoms with Crippen molar-refractivity contribution in [3.05, 3.63) is 59.2 Å². The van der Waals surface area contributed by atoms with Gasteiger partial charge in [0.25, 0.3) is 5.91 Å². The van der Waals surface area contributed by atoms with Crippen LogP contribution in [0.25, 0.3) is 0 Å². The fraction of sp³-hybridized carbons (Fsp3) is 0.333. The molecule has 0 saturated carbocycles. The highest BCUT2D eigenvalue weighted by Crippen LogP contribution is 2.26. The third-order valence-electron chi connectivity index (χ3n) is 4.45. The van der Waals surface area contributed by atoms with Crippen LogP contribution in [0.2, 0.25) is 0 Å². The lowest BCUT2D eigenvalue weighted by Crippen LogP contribution is -2.37. The van der Waals surface area contributed by atoms with Crippen LogP contribution < -0.4 is 15.4 Å². The van der Waals surface area contributed by atoms with Crippen molar-refractivity contribution in [3.63, 3.8) is 0 Å². The molecular formula is C21H26N2O2S. The van der Waals surface area contributed by atoms with E-state index in [9.17, 15) is 4.79 Å². The van der Waals surface area contributed by atoms with Gasteiger partial charge in [-0.05, 0) is 73.3 Å². The molecule has 1 unspecified atom stereocenters. The maximum absolute atomic E-state index is 12.1. The van der Waals surface area contributed by atoms with Crippen LogP contribution in [0.3, 0.4) is 0 Å². The number of rotatable bonds is 6. The predicted molar refractivity (Wildman–Crippen MR) is 111 cm³/mol. The summed E-state index contributed by atoms with van der Waals surface area (Å²) in [4.78, 5) is 12.1. The number of thiocarbonyl (C=S) groups is 1. The van der Waals surface area contributed by atoms with Gasteiger partial charge in [-0.25, -0.2) is 0 Å². The van der Waals surface area contributed by atoms with E-state index in [1.54, 1.807) is 0 Å². The van der Waals surface area contributed by atoms with E-state index >= 15 is 0 Å². The Labute approximate surface area is 161 Å². The van der Waals surface area contributed by atoms with Crippen LogP contribution in [-0.2, 0) is 4.79 Å². The van der Waals surface area contributed by atoms with Crippen LogP contribution in [0.5, 0.6) is 5.75 Å². The number of para-hydroxylation sites is 1. The number of hydrogen-bond donors (Lipinski definition) is 2. The van der Waals surface area contributed by atoms with Gasteiger partial charge >= 0.3 is 0 Å². The van der Waals surface area contributed by atoms with Gasteiger partial charge in [0.15, 0.2) is 11.7 Å². The molecule has 138 valence electrons. The van der Waals surface area contributed by atoms with E-state index < -0.39 is 0 Å². The first-order valence-corrected chi connectivity index (χ1v) is 9.21. The average molecular weight is 371 g/mol. The lowest BCUT2D eigenvalue weighted by molar-refractivity contribution is -0.121. The summed E-state index contributed by atoms with van der Waals surface area (Å²) in [7, 11) is 0. The van der Waals surface area contributed by atoms with E-state index in [0.29, 0.717) is 11.7 Å². The molecule has 0 bridgehead atoms. The lowest BCUT2D eigenvalue weighted by Gasteiger charge is -2.17. The molecule has 4 nitrogen and oxygen atoms in total. The second-order valence-corrected chi connectivity index (χ2v) is 6.84. The molecule has 5 heteroatoms. The van der Waals surface area contributed by atoms with E-state index in [1.807, 2.05) is 50.2 Å². The Bertz CT molecular complexity index is 789. The number of hydrogen-bond acceptors (Lipinski definition) is 3. The van der Waals surface area contributed by atoms with Crippen molar-refractivity contribution < 1.29 is 9.53 Å². The number of nitrogens with one attached hydrogen (secondary N) is 2. The van der Waals surface area contributed by atoms with Crippen LogP contribution in [0.15, 0.2) is 42.5 Å². The third kappa shape index (κ3) is 5.56. The highest BCUT2D eigenvalue weighted by Gasteiger charge is 2.11. The predicted octanol–water partition coefficient (Wildman–Crippen LogP) is 4.71. The summed E-state index contributed by atoms with van der Waals surface area (Å²) in [6, 6.07) is 13.7. The summed E-state index contributed by atoms with van der Waals surface area (Å²) in [6.45, 7) is 8.27. The van der Waals surface area contributed by atoms with E-state index in [-0.39, 0.29) is 17.6 Å². The molecule has 0 aromatic heterocycles. The Morgan fingerprint density at radius 1 is 1.15 bits per heavy atom. The second kappa shape index (κ2) is 9.34. The second-order valence-electron chi connectivity index (χ2n) is 6.43. The Hall–Kier alpha value is -2.40. The van der Waals surface area contributed by atoms with E-state index in [0.717, 1.165) is 17.7 Å². The van der Waals surface area contributed by atoms with Crippen molar-refractivity contribution in [3.8, 4) is 5.75 Å². The molecule has 0 heterocycles. The first-order valence-electron chi connectivity index (χ1n) is 8.80. The lowest BCUT2D eigenvalue weighted by atomic mass is 9.97. The molecule has 0 aliphatic carbocycles. The molecule has 1 amide bonds. The summed E-state index contributed by atoms with van der Waals surface area (Å²) >= 11 is 5.26. The molecule has 0 radical (unpaired) electrons. The van der Waals surface area contributed by atoms with Gasteiger partial charge in [-0.15, -0.1) is 0 Å². The largest absolute Gasteiger partial charge is 0.484 e. The standard InChI is InChI=1S/C21H26N2O2S/c1-5-14(2)18-8-6-7-9-19(18)22-21(26)23-20(24)13-25-17-11-10-15(3)16(4)12-17/h6-12,14H,5,13H2,1-4H3,(H2,22,23,24,26). The van der Waals surface area contributed by atoms with Gasteiger partial charge in [0.05, 0.1) is 0 Å². The molecule has 2 rings (SSSR count). The zero-order chi connectivity index (χ0) is 19.1. The van der Waals surface area contributed by atoms with Crippen LogP contribution in [-0.4, -0.2) is 17.6 Å². The maximum Gasteiger partial charge on any atom is 0.264 e. The average Bonchev–Trinajstić information content (AvgIpc) is 2.62. The summed E-state index contributed by atoms with van der Waals surface area (Å²) < 4.78 is 5.53. The molecule has 0 aliphatic heterocycles. The van der Waals surface area contributed by atoms with Crippen molar-refractivity contribution >= 4 is 28.9 Å². The molecule has 0 aliphatic rings. The number of carbonyl (C=O) groups is 1. The SMILES string of the molecule is CCC(C)c1ccccc1NC(=S)NC(=O)COc1ccc(C)c(C)c1. The van der Waals surface area contributed by atoms with Crippen LogP contribution in [0.1, 0.15) is 42.9 Å². The molecule has 26 heavy (non-hydrogen) atoms. The van der Waals surface area contributed by atoms with E-state index in [4.69, 9.17) is 17.0 Å². The fourth-order valence-corrected chi connectivity index (χ4v) is 2.75. The van der Waals surface area contributed by atoms with Crippen molar-refractivity contribution in [1.29, 1.82) is 0 Å². The zero-order valence-electron chi connectivity index (χ0n) is 15.8. The minimum atomic E-state index is -0.290. The minimum Gasteiger partial charge on any atom is -0.484 e. The van der Waals surface area contributed by atoms with Gasteiger partial charge in [-0.2, -0.15) is 0 Å². The fourth-order valence-electron chi connectivity index (χ4n) is 2.53. The molecular weight excluding hydrogens is 344 g/mol. The Balaban J connectivity index is 1.89. The Kier molecular flexibility index (Phi) is 7.16. The molecule has 2 N–H and O–H groups in total. The summed E-state index contributed by atoms with van der Waals surface area (Å²) in [5.74, 6) is 0.788. The van der Waals surface area contributed by atoms with Gasteiger partial charge in [-0.1, -0.05) is 38.1 Å². The van der Waals surface area contributed by atoms with Crippen molar-refractivity contribution in [2.75, 3.05) is 11.9 Å². The van der Waals surface area contributed by atoms with Gasteiger partial charge < -0.3 is 10.1 Å². The summed E-state index contributed by atoms with van der Waals surface area (Å²) in [5.41, 5.74) is 4.41. The van der Waals surface area contributed by atoms with Gasteiger partial charge in [0.2, 0.25) is 0 Å². The number of aryl methyl sites for hydroxylation is 2. The zero-order valence-corrected chi connectivity index (χ0v) is 16.6. The van der Waals surface area contributed by atoms with Crippen LogP contribution >= 0.6 is 12.2 Å². The molecule has 2 aromatic rings. The quantitative estimate of drug-likeness (QED) is 0.723. The molecule has 0 spiro atoms. The molecule has 2 aromatic carbocycles. The first kappa shape index (κ1) is 19.9. The highest BCUT2D eigenvalue weighted by atomic mass is 32.1. The topological polar surface area (TPSA) is 50.4 Å². The summed E-state index contributed by atoms with van der Waals surface area (Å²) in [6.07, 6.45) is 1.03. The number of benzene rings is 2. The number of amides is 1. The molecule has 1 atom stereocenters. The van der Waals surface area contributed by atoms with Crippen molar-refractivity contribution in [2.45, 2.75) is 40.0 Å². The summed E-state index contributed by atoms with van der Waals surface area (Å²) in [5, 5.41) is 6.05. The normalized spacial score (nSPS) is 11.5. The Morgan fingerprint density at radius 2 is 1.88 bits per heavy atom. The highest BCUT2D eigenvalue weighted by molar-refractivity contribution is 7.80. The minimum absolute atomic E-state index is 0.0860. The molecule has 0 fully saturated rings. The van der Waals surface area contributed by atoms with Crippen molar-refractivity contribution in [2.24, 2.45) is 0 Å². The maximum atomic E-state index is 12.1. The van der Waals surface area contributed by atoms with Crippen molar-refractivity contribution in [1.82, 2.24) is 5.32 Å². The van der Waals surface area contributed by atoms with Crippen LogP contribution in [0.4, 0.5) is 5.69 Å². The third-order valence-corrected chi connectivity index (χ3v) is 4.66. The molecule has 0 saturated heterocycles. The number of anilines is 1. The van der Waals surface area contributed by atoms with Crippen LogP contribution in [0, 0.1) is 13.8 Å². The monoisotopic (exact) mass is 370 g/mol. The Morgan fingerprint density at radius 3 is 2.58 bits per heavy atom. The smallest absolute Gasteiger partial charge is 0.264 e.